The summed E-state index contributed by atoms with van der Waals surface area (Å²) in [6.07, 6.45) is 8.50. The van der Waals surface area contributed by atoms with Crippen LogP contribution in [0.2, 0.25) is 0 Å². The van der Waals surface area contributed by atoms with E-state index in [0.29, 0.717) is 23.4 Å². The van der Waals surface area contributed by atoms with Gasteiger partial charge in [-0.2, -0.15) is 0 Å². The van der Waals surface area contributed by atoms with Gasteiger partial charge in [-0.15, -0.1) is 11.3 Å². The van der Waals surface area contributed by atoms with E-state index in [9.17, 15) is 9.59 Å². The minimum absolute atomic E-state index is 0.0940. The molecule has 4 N–H and O–H groups in total. The van der Waals surface area contributed by atoms with E-state index in [4.69, 9.17) is 11.1 Å². The number of nitrogens with one attached hydrogen (secondary N) is 2. The molecule has 7 heteroatoms. The number of hydrogen-bond donors (Lipinski definition) is 3. The van der Waals surface area contributed by atoms with Gasteiger partial charge in [-0.25, -0.2) is 0 Å². The average molecular weight is 633 g/mol. The number of likely N-dealkylation sites (tertiary alicyclic amines) is 1. The van der Waals surface area contributed by atoms with Crippen molar-refractivity contribution in [2.45, 2.75) is 94.0 Å². The lowest BCUT2D eigenvalue weighted by Gasteiger charge is -2.31. The number of anilines is 2. The fourth-order valence-electron chi connectivity index (χ4n) is 4.72. The Morgan fingerprint density at radius 1 is 1.07 bits per heavy atom. The van der Waals surface area contributed by atoms with Crippen molar-refractivity contribution in [3.8, 4) is 0 Å². The monoisotopic (exact) mass is 632 g/mol. The highest BCUT2D eigenvalue weighted by Crippen LogP contribution is 2.25. The Hall–Kier alpha value is -3.55. The van der Waals surface area contributed by atoms with Gasteiger partial charge in [-0.3, -0.25) is 14.5 Å². The van der Waals surface area contributed by atoms with Crippen LogP contribution in [0.5, 0.6) is 0 Å². The molecule has 45 heavy (non-hydrogen) atoms. The topological polar surface area (TPSA) is 99.3 Å². The Kier molecular flexibility index (Phi) is 19.3. The van der Waals surface area contributed by atoms with Crippen molar-refractivity contribution in [1.82, 2.24) is 4.90 Å². The number of aryl methyl sites for hydroxylation is 1. The Bertz CT molecular complexity index is 1350. The van der Waals surface area contributed by atoms with Crippen LogP contribution in [0, 0.1) is 18.3 Å². The summed E-state index contributed by atoms with van der Waals surface area (Å²) in [4.78, 5) is 27.7. The molecule has 3 aromatic rings. The molecule has 1 amide bonds. The van der Waals surface area contributed by atoms with Crippen molar-refractivity contribution in [1.29, 1.82) is 5.41 Å². The summed E-state index contributed by atoms with van der Waals surface area (Å²) in [5, 5.41) is 13.6. The van der Waals surface area contributed by atoms with Gasteiger partial charge in [0.15, 0.2) is 0 Å². The van der Waals surface area contributed by atoms with Gasteiger partial charge in [0.05, 0.1) is 12.1 Å². The zero-order chi connectivity index (χ0) is 33.8. The van der Waals surface area contributed by atoms with Crippen LogP contribution in [-0.4, -0.2) is 35.4 Å². The molecule has 0 aliphatic carbocycles. The molecule has 4 rings (SSSR count). The number of ketones is 1. The number of thiophene rings is 1. The molecule has 0 radical (unpaired) electrons. The number of hydrogen-bond acceptors (Lipinski definition) is 6. The van der Waals surface area contributed by atoms with Gasteiger partial charge in [0.2, 0.25) is 5.91 Å². The maximum Gasteiger partial charge on any atom is 0.229 e. The van der Waals surface area contributed by atoms with E-state index in [1.807, 2.05) is 56.5 Å². The molecule has 1 aromatic heterocycles. The zero-order valence-corrected chi connectivity index (χ0v) is 29.7. The first-order valence-electron chi connectivity index (χ1n) is 16.4. The van der Waals surface area contributed by atoms with Gasteiger partial charge in [0.1, 0.15) is 5.78 Å². The Morgan fingerprint density at radius 2 is 1.76 bits per heavy atom. The van der Waals surface area contributed by atoms with E-state index >= 15 is 0 Å². The fraction of sp³-hybridized carbons (Fsp3) is 0.447. The molecule has 1 saturated heterocycles. The van der Waals surface area contributed by atoms with E-state index in [-0.39, 0.29) is 23.3 Å². The Morgan fingerprint density at radius 3 is 2.38 bits per heavy atom. The lowest BCUT2D eigenvalue weighted by Crippen LogP contribution is -2.37. The molecule has 6 nitrogen and oxygen atoms in total. The number of rotatable bonds is 9. The van der Waals surface area contributed by atoms with Crippen LogP contribution in [0.4, 0.5) is 11.4 Å². The second kappa shape index (κ2) is 22.0. The van der Waals surface area contributed by atoms with Crippen LogP contribution in [-0.2, 0) is 22.6 Å². The molecular formula is C38H56N4O2S. The molecule has 0 bridgehead atoms. The molecular weight excluding hydrogens is 577 g/mol. The molecule has 1 unspecified atom stereocenters. The summed E-state index contributed by atoms with van der Waals surface area (Å²) in [6.45, 7) is 18.7. The maximum absolute atomic E-state index is 12.5. The lowest BCUT2D eigenvalue weighted by molar-refractivity contribution is -0.122. The van der Waals surface area contributed by atoms with E-state index in [1.165, 1.54) is 18.4 Å². The Labute approximate surface area is 276 Å². The molecule has 1 aliphatic heterocycles. The van der Waals surface area contributed by atoms with Crippen molar-refractivity contribution < 1.29 is 9.59 Å². The normalized spacial score (nSPS) is 14.2. The number of nitrogens with two attached hydrogens (primary N) is 1. The van der Waals surface area contributed by atoms with Crippen molar-refractivity contribution >= 4 is 46.2 Å². The van der Waals surface area contributed by atoms with E-state index in [2.05, 4.69) is 50.0 Å². The second-order valence-corrected chi connectivity index (χ2v) is 12.2. The smallest absolute Gasteiger partial charge is 0.229 e. The number of nitrogen functional groups attached to an aromatic ring is 1. The third kappa shape index (κ3) is 14.4. The number of benzene rings is 2. The highest BCUT2D eigenvalue weighted by molar-refractivity contribution is 7.10. The van der Waals surface area contributed by atoms with Gasteiger partial charge < -0.3 is 16.5 Å². The molecule has 0 spiro atoms. The molecule has 2 aromatic carbocycles. The van der Waals surface area contributed by atoms with E-state index < -0.39 is 0 Å². The fourth-order valence-corrected chi connectivity index (χ4v) is 5.42. The second-order valence-electron chi connectivity index (χ2n) is 11.1. The van der Waals surface area contributed by atoms with E-state index in [1.54, 1.807) is 36.5 Å². The molecule has 2 heterocycles. The number of amides is 1. The van der Waals surface area contributed by atoms with Crippen LogP contribution in [0.25, 0.3) is 6.08 Å². The molecule has 246 valence electrons. The number of piperidine rings is 1. The number of carbonyl (C=O) groups excluding carboxylic acids is 2. The summed E-state index contributed by atoms with van der Waals surface area (Å²) in [5.74, 6) is 0.326. The summed E-state index contributed by atoms with van der Waals surface area (Å²) in [5.41, 5.74) is 11.3. The average Bonchev–Trinajstić information content (AvgIpc) is 3.52. The summed E-state index contributed by atoms with van der Waals surface area (Å²) in [7, 11) is 0. The van der Waals surface area contributed by atoms with Crippen LogP contribution >= 0.6 is 11.3 Å². The zero-order valence-electron chi connectivity index (χ0n) is 28.8. The summed E-state index contributed by atoms with van der Waals surface area (Å²) in [6, 6.07) is 15.7. The van der Waals surface area contributed by atoms with Gasteiger partial charge >= 0.3 is 0 Å². The summed E-state index contributed by atoms with van der Waals surface area (Å²) >= 11 is 1.55. The van der Waals surface area contributed by atoms with E-state index in [0.717, 1.165) is 48.5 Å². The first kappa shape index (κ1) is 39.5. The molecule has 1 fully saturated rings. The van der Waals surface area contributed by atoms with Gasteiger partial charge in [0, 0.05) is 40.8 Å². The summed E-state index contributed by atoms with van der Waals surface area (Å²) < 4.78 is 0. The SMILES string of the molecule is CC.CC(=O)C1CCCN(Cc2cccc(/C=C/C(=N)c3cc(NC(=O)Cc4cccs4)c(C)cc3N)c2)C1.CCC.CCC. The molecule has 0 saturated carbocycles. The van der Waals surface area contributed by atoms with Crippen LogP contribution < -0.4 is 11.1 Å². The molecule has 1 aliphatic rings. The molecule has 1 atom stereocenters. The van der Waals surface area contributed by atoms with Crippen LogP contribution in [0.1, 0.15) is 101 Å². The predicted molar refractivity (Wildman–Crippen MR) is 197 cm³/mol. The lowest BCUT2D eigenvalue weighted by atomic mass is 9.94. The minimum atomic E-state index is -0.0940. The van der Waals surface area contributed by atoms with Crippen LogP contribution in [0.3, 0.4) is 0 Å². The predicted octanol–water partition coefficient (Wildman–Crippen LogP) is 9.56. The highest BCUT2D eigenvalue weighted by Gasteiger charge is 2.23. The van der Waals surface area contributed by atoms with Crippen molar-refractivity contribution in [2.24, 2.45) is 5.92 Å². The van der Waals surface area contributed by atoms with Gasteiger partial charge in [0.25, 0.3) is 0 Å². The van der Waals surface area contributed by atoms with Crippen molar-refractivity contribution in [3.05, 3.63) is 87.1 Å². The van der Waals surface area contributed by atoms with Gasteiger partial charge in [-0.1, -0.05) is 90.8 Å². The Balaban J connectivity index is 0.00000115. The maximum atomic E-state index is 12.5. The number of carbonyl (C=O) groups is 2. The van der Waals surface area contributed by atoms with Crippen molar-refractivity contribution in [2.75, 3.05) is 24.1 Å². The third-order valence-corrected chi connectivity index (χ3v) is 7.63. The third-order valence-electron chi connectivity index (χ3n) is 6.76. The number of Topliss-reactive ketones (excluding diaryl/α,β-unsaturated/α-hetero) is 1. The van der Waals surface area contributed by atoms with Gasteiger partial charge in [-0.05, 0) is 79.6 Å². The standard InChI is InChI=1S/C30H34N4O2S.2C3H8.C2H6/c1-20-14-28(32)26(17-29(20)33-30(36)16-25-9-5-13-37-25)27(31)11-10-22-6-3-7-23(15-22)18-34-12-4-8-24(19-34)21(2)35;2*1-3-2;1-2/h3,5-7,9-11,13-15,17,24,31H,4,8,12,16,18-19,32H2,1-2H3,(H,33,36);2*3H2,1-2H3;1-2H3/b11-10+,31-27?;;;. The van der Waals surface area contributed by atoms with Crippen LogP contribution in [0.15, 0.2) is 60.0 Å². The first-order valence-corrected chi connectivity index (χ1v) is 17.3. The largest absolute Gasteiger partial charge is 0.398 e. The highest BCUT2D eigenvalue weighted by atomic mass is 32.1. The minimum Gasteiger partial charge on any atom is -0.398 e. The quantitative estimate of drug-likeness (QED) is 0.162. The number of allylic oxidation sites excluding steroid dienone is 1. The van der Waals surface area contributed by atoms with Crippen molar-refractivity contribution in [3.63, 3.8) is 0 Å². The number of nitrogens with zero attached hydrogens (tertiary/aromatic N) is 1. The first-order chi connectivity index (χ1) is 21.6.